The predicted molar refractivity (Wildman–Crippen MR) is 69.4 cm³/mol. The van der Waals surface area contributed by atoms with Crippen LogP contribution in [0.25, 0.3) is 0 Å². The zero-order valence-corrected chi connectivity index (χ0v) is 11.4. The summed E-state index contributed by atoms with van der Waals surface area (Å²) in [4.78, 5) is 0. The van der Waals surface area contributed by atoms with Crippen LogP contribution in [0.1, 0.15) is 15.2 Å². The van der Waals surface area contributed by atoms with Gasteiger partial charge in [0.15, 0.2) is 0 Å². The molecule has 0 nitrogen and oxygen atoms in total. The third-order valence-electron chi connectivity index (χ3n) is 2.56. The van der Waals surface area contributed by atoms with Gasteiger partial charge in [0.2, 0.25) is 0 Å². The molecule has 0 aliphatic rings. The zero-order valence-electron chi connectivity index (χ0n) is 8.44. The van der Waals surface area contributed by atoms with Crippen molar-refractivity contribution in [3.8, 4) is 0 Å². The van der Waals surface area contributed by atoms with Crippen LogP contribution < -0.4 is 0 Å². The Bertz CT molecular complexity index is 360. The molecule has 2 aromatic rings. The van der Waals surface area contributed by atoms with E-state index in [2.05, 4.69) is 73.5 Å². The number of hydrogen-bond donors (Lipinski definition) is 0. The van der Waals surface area contributed by atoms with Crippen LogP contribution >= 0.6 is 12.9 Å². The molecule has 0 saturated carbocycles. The van der Waals surface area contributed by atoms with Crippen molar-refractivity contribution in [2.75, 3.05) is 0 Å². The Kier molecular flexibility index (Phi) is 4.24. The van der Waals surface area contributed by atoms with Crippen molar-refractivity contribution in [1.29, 1.82) is 0 Å². The van der Waals surface area contributed by atoms with E-state index in [1.165, 1.54) is 11.1 Å². The highest BCUT2D eigenvalue weighted by atomic mass is 79.9. The Hall–Kier alpha value is -0.314. The molecule has 0 bridgehead atoms. The third kappa shape index (κ3) is 2.83. The lowest BCUT2D eigenvalue weighted by Crippen LogP contribution is -2.04. The molecule has 2 aromatic carbocycles. The Morgan fingerprint density at radius 1 is 0.733 bits per heavy atom. The molecule has 0 fully saturated rings. The first kappa shape index (κ1) is 11.2. The highest BCUT2D eigenvalue weighted by Gasteiger charge is 2.14. The number of rotatable bonds is 3. The summed E-state index contributed by atoms with van der Waals surface area (Å²) >= 11 is 3.47. The molecular formula is C13H11BrMg. The van der Waals surface area contributed by atoms with Crippen molar-refractivity contribution in [3.05, 3.63) is 71.8 Å². The molecule has 72 valence electrons. The summed E-state index contributed by atoms with van der Waals surface area (Å²) in [5, 5.41) is 0. The summed E-state index contributed by atoms with van der Waals surface area (Å²) in [6.45, 7) is 0. The molecular weight excluding hydrogens is 260 g/mol. The lowest BCUT2D eigenvalue weighted by Gasteiger charge is -2.14. The van der Waals surface area contributed by atoms with Gasteiger partial charge in [-0.3, -0.25) is 0 Å². The summed E-state index contributed by atoms with van der Waals surface area (Å²) in [5.41, 5.74) is 2.85. The van der Waals surface area contributed by atoms with Gasteiger partial charge in [-0.25, -0.2) is 0 Å². The van der Waals surface area contributed by atoms with E-state index < -0.39 is 0 Å². The van der Waals surface area contributed by atoms with Crippen LogP contribution in [0.2, 0.25) is 0 Å². The molecule has 0 unspecified atom stereocenters. The Labute approximate surface area is 106 Å². The third-order valence-corrected chi connectivity index (χ3v) is 5.75. The van der Waals surface area contributed by atoms with Crippen LogP contribution in [0.4, 0.5) is 0 Å². The topological polar surface area (TPSA) is 0 Å². The minimum Gasteiger partial charge on any atom is -0.305 e. The van der Waals surface area contributed by atoms with Gasteiger partial charge in [0.25, 0.3) is 0 Å². The fourth-order valence-corrected chi connectivity index (χ4v) is 4.88. The molecule has 0 spiro atoms. The van der Waals surface area contributed by atoms with Crippen molar-refractivity contribution in [1.82, 2.24) is 0 Å². The fourth-order valence-electron chi connectivity index (χ4n) is 1.74. The van der Waals surface area contributed by atoms with E-state index in [-0.39, 0.29) is 18.2 Å². The van der Waals surface area contributed by atoms with Crippen molar-refractivity contribution in [2.24, 2.45) is 0 Å². The summed E-state index contributed by atoms with van der Waals surface area (Å²) in [5.74, 6) is 0. The predicted octanol–water partition coefficient (Wildman–Crippen LogP) is 3.79. The van der Waals surface area contributed by atoms with Crippen LogP contribution in [0.3, 0.4) is 0 Å². The van der Waals surface area contributed by atoms with E-state index in [1.54, 1.807) is 0 Å². The van der Waals surface area contributed by atoms with E-state index in [4.69, 9.17) is 0 Å². The normalized spacial score (nSPS) is 10.0. The fraction of sp³-hybridized carbons (Fsp3) is 0.0769. The van der Waals surface area contributed by atoms with Gasteiger partial charge in [0, 0.05) is 0 Å². The highest BCUT2D eigenvalue weighted by Crippen LogP contribution is 2.24. The first-order valence-corrected chi connectivity index (χ1v) is 9.79. The van der Waals surface area contributed by atoms with E-state index in [0.717, 1.165) is 0 Å². The molecule has 15 heavy (non-hydrogen) atoms. The molecule has 0 N–H and O–H groups in total. The molecule has 0 heterocycles. The molecule has 2 heteroatoms. The lowest BCUT2D eigenvalue weighted by atomic mass is 10.0. The molecule has 0 radical (unpaired) electrons. The van der Waals surface area contributed by atoms with E-state index in [9.17, 15) is 0 Å². The monoisotopic (exact) mass is 270 g/mol. The van der Waals surface area contributed by atoms with Crippen LogP contribution in [0.15, 0.2) is 60.7 Å². The Morgan fingerprint density at radius 3 is 1.47 bits per heavy atom. The second-order valence-electron chi connectivity index (χ2n) is 3.53. The van der Waals surface area contributed by atoms with Gasteiger partial charge >= 0.3 is 18.2 Å². The minimum atomic E-state index is -0.256. The summed E-state index contributed by atoms with van der Waals surface area (Å²) in [6, 6.07) is 21.5. The highest BCUT2D eigenvalue weighted by molar-refractivity contribution is 9.23. The summed E-state index contributed by atoms with van der Waals surface area (Å²) in [6.07, 6.45) is 0. The van der Waals surface area contributed by atoms with Crippen molar-refractivity contribution < 1.29 is 0 Å². The van der Waals surface area contributed by atoms with Gasteiger partial charge in [0.1, 0.15) is 0 Å². The lowest BCUT2D eigenvalue weighted by molar-refractivity contribution is 1.14. The van der Waals surface area contributed by atoms with Gasteiger partial charge in [-0.05, 0) is 0 Å². The smallest absolute Gasteiger partial charge is 0.305 e. The van der Waals surface area contributed by atoms with Crippen LogP contribution in [-0.4, -0.2) is 18.2 Å². The maximum absolute atomic E-state index is 3.73. The average Bonchev–Trinajstić information content (AvgIpc) is 2.33. The number of benzene rings is 2. The van der Waals surface area contributed by atoms with Crippen LogP contribution in [0.5, 0.6) is 0 Å². The first-order chi connectivity index (χ1) is 7.42. The largest absolute Gasteiger partial charge is 0.482 e. The molecule has 0 aromatic heterocycles. The standard InChI is InChI=1S/C13H11.BrH.Mg/c1-3-7-12(8-4-1)11-13-9-5-2-6-10-13;;/h1-11H;1H;/q;;+1/p-1. The van der Waals surface area contributed by atoms with Crippen LogP contribution in [-0.2, 0) is 0 Å². The molecule has 0 amide bonds. The summed E-state index contributed by atoms with van der Waals surface area (Å²) < 4.78 is 0.590. The molecule has 0 atom stereocenters. The minimum absolute atomic E-state index is 0.256. The van der Waals surface area contributed by atoms with E-state index in [1.807, 2.05) is 0 Å². The van der Waals surface area contributed by atoms with Crippen molar-refractivity contribution in [3.63, 3.8) is 0 Å². The second kappa shape index (κ2) is 5.68. The first-order valence-electron chi connectivity index (χ1n) is 5.07. The van der Waals surface area contributed by atoms with Crippen molar-refractivity contribution in [2.45, 2.75) is 4.05 Å². The molecule has 2 rings (SSSR count). The van der Waals surface area contributed by atoms with Gasteiger partial charge in [-0.1, -0.05) is 75.8 Å². The van der Waals surface area contributed by atoms with Gasteiger partial charge in [-0.2, -0.15) is 0 Å². The summed E-state index contributed by atoms with van der Waals surface area (Å²) in [7, 11) is 0. The van der Waals surface area contributed by atoms with Gasteiger partial charge in [-0.15, -0.1) is 0 Å². The van der Waals surface area contributed by atoms with E-state index in [0.29, 0.717) is 4.05 Å². The average molecular weight is 271 g/mol. The second-order valence-corrected chi connectivity index (χ2v) is 6.60. The SMILES string of the molecule is [Br][Mg][CH](c1ccccc1)c1ccccc1. The molecule has 0 aliphatic heterocycles. The van der Waals surface area contributed by atoms with Gasteiger partial charge < -0.3 is 12.9 Å². The quantitative estimate of drug-likeness (QED) is 0.745. The Morgan fingerprint density at radius 2 is 1.13 bits per heavy atom. The maximum atomic E-state index is 3.73. The van der Waals surface area contributed by atoms with Crippen LogP contribution in [0, 0.1) is 0 Å². The maximum Gasteiger partial charge on any atom is 0.482 e. The number of halogens is 1. The zero-order chi connectivity index (χ0) is 10.5. The molecule has 0 saturated heterocycles. The Balaban J connectivity index is 2.34. The van der Waals surface area contributed by atoms with E-state index >= 15 is 0 Å². The number of hydrogen-bond acceptors (Lipinski definition) is 0. The van der Waals surface area contributed by atoms with Gasteiger partial charge in [0.05, 0.1) is 0 Å². The molecule has 0 aliphatic carbocycles. The van der Waals surface area contributed by atoms with Crippen molar-refractivity contribution >= 4 is 31.1 Å².